The van der Waals surface area contributed by atoms with Gasteiger partial charge in [-0.15, -0.1) is 11.8 Å². The number of thioether (sulfide) groups is 1. The first kappa shape index (κ1) is 14.2. The van der Waals surface area contributed by atoms with E-state index in [1.54, 1.807) is 31.4 Å². The third-order valence-electron chi connectivity index (χ3n) is 2.76. The van der Waals surface area contributed by atoms with Crippen molar-refractivity contribution < 1.29 is 9.13 Å². The maximum Gasteiger partial charge on any atom is 0.125 e. The Bertz CT molecular complexity index is 667. The molecule has 0 unspecified atom stereocenters. The normalized spacial score (nSPS) is 10.1. The molecular formula is C15H13FN2OS. The van der Waals surface area contributed by atoms with E-state index in [1.165, 1.54) is 23.9 Å². The lowest BCUT2D eigenvalue weighted by Crippen LogP contribution is -1.93. The van der Waals surface area contributed by atoms with E-state index in [0.717, 1.165) is 16.2 Å². The highest BCUT2D eigenvalue weighted by Gasteiger charge is 2.07. The molecule has 2 aromatic carbocycles. The van der Waals surface area contributed by atoms with Crippen LogP contribution in [0.2, 0.25) is 0 Å². The molecule has 0 radical (unpaired) electrons. The zero-order valence-corrected chi connectivity index (χ0v) is 11.7. The molecule has 5 heteroatoms. The van der Waals surface area contributed by atoms with Crippen molar-refractivity contribution in [1.29, 1.82) is 5.26 Å². The first-order valence-electron chi connectivity index (χ1n) is 5.89. The zero-order chi connectivity index (χ0) is 14.5. The minimum atomic E-state index is -0.351. The highest BCUT2D eigenvalue weighted by atomic mass is 32.2. The second-order valence-electron chi connectivity index (χ2n) is 4.11. The molecule has 0 bridgehead atoms. The van der Waals surface area contributed by atoms with Gasteiger partial charge in [0.2, 0.25) is 0 Å². The van der Waals surface area contributed by atoms with Gasteiger partial charge in [-0.25, -0.2) is 4.39 Å². The van der Waals surface area contributed by atoms with Gasteiger partial charge in [0.05, 0.1) is 18.7 Å². The van der Waals surface area contributed by atoms with E-state index >= 15 is 0 Å². The Morgan fingerprint density at radius 1 is 1.30 bits per heavy atom. The quantitative estimate of drug-likeness (QED) is 0.690. The summed E-state index contributed by atoms with van der Waals surface area (Å²) in [7, 11) is 1.59. The van der Waals surface area contributed by atoms with E-state index in [9.17, 15) is 4.39 Å². The lowest BCUT2D eigenvalue weighted by molar-refractivity contribution is 0.411. The molecule has 0 saturated carbocycles. The number of anilines is 1. The van der Waals surface area contributed by atoms with Crippen molar-refractivity contribution in [1.82, 2.24) is 0 Å². The second kappa shape index (κ2) is 6.31. The molecule has 0 saturated heterocycles. The number of nitrogen functional groups attached to an aromatic ring is 1. The molecule has 0 aliphatic rings. The molecule has 2 rings (SSSR count). The number of benzene rings is 2. The number of halogens is 1. The van der Waals surface area contributed by atoms with Crippen molar-refractivity contribution in [2.24, 2.45) is 0 Å². The lowest BCUT2D eigenvalue weighted by atomic mass is 10.1. The molecule has 0 spiro atoms. The van der Waals surface area contributed by atoms with Crippen molar-refractivity contribution in [3.63, 3.8) is 0 Å². The topological polar surface area (TPSA) is 59.0 Å². The third-order valence-corrected chi connectivity index (χ3v) is 3.90. The summed E-state index contributed by atoms with van der Waals surface area (Å²) in [6.45, 7) is 0. The molecule has 0 fully saturated rings. The van der Waals surface area contributed by atoms with Crippen LogP contribution in [-0.2, 0) is 5.75 Å². The van der Waals surface area contributed by atoms with Gasteiger partial charge < -0.3 is 10.5 Å². The predicted molar refractivity (Wildman–Crippen MR) is 78.1 cm³/mol. The summed E-state index contributed by atoms with van der Waals surface area (Å²) < 4.78 is 18.3. The number of hydrogen-bond acceptors (Lipinski definition) is 4. The average molecular weight is 288 g/mol. The number of nitrogens with zero attached hydrogens (tertiary/aromatic N) is 1. The molecule has 2 aromatic rings. The van der Waals surface area contributed by atoms with Crippen molar-refractivity contribution in [3.8, 4) is 11.8 Å². The van der Waals surface area contributed by atoms with Gasteiger partial charge >= 0.3 is 0 Å². The van der Waals surface area contributed by atoms with Gasteiger partial charge in [0.1, 0.15) is 11.6 Å². The summed E-state index contributed by atoms with van der Waals surface area (Å²) in [5.74, 6) is 0.960. The molecule has 102 valence electrons. The van der Waals surface area contributed by atoms with Gasteiger partial charge in [-0.1, -0.05) is 0 Å². The Kier molecular flexibility index (Phi) is 4.49. The van der Waals surface area contributed by atoms with Gasteiger partial charge in [0, 0.05) is 21.9 Å². The van der Waals surface area contributed by atoms with Crippen LogP contribution < -0.4 is 10.5 Å². The number of hydrogen-bond donors (Lipinski definition) is 1. The lowest BCUT2D eigenvalue weighted by Gasteiger charge is -2.10. The van der Waals surface area contributed by atoms with Gasteiger partial charge in [-0.2, -0.15) is 5.26 Å². The molecule has 0 aliphatic heterocycles. The fourth-order valence-electron chi connectivity index (χ4n) is 1.77. The molecule has 0 atom stereocenters. The van der Waals surface area contributed by atoms with E-state index in [4.69, 9.17) is 15.7 Å². The Balaban J connectivity index is 2.20. The van der Waals surface area contributed by atoms with E-state index in [0.29, 0.717) is 17.0 Å². The SMILES string of the molecule is COc1ccc(C#N)cc1CSc1ccc(F)cc1N. The summed E-state index contributed by atoms with van der Waals surface area (Å²) >= 11 is 1.48. The smallest absolute Gasteiger partial charge is 0.125 e. The van der Waals surface area contributed by atoms with E-state index in [1.807, 2.05) is 0 Å². The summed E-state index contributed by atoms with van der Waals surface area (Å²) in [5, 5.41) is 8.93. The first-order chi connectivity index (χ1) is 9.63. The van der Waals surface area contributed by atoms with Crippen molar-refractivity contribution in [2.75, 3.05) is 12.8 Å². The minimum absolute atomic E-state index is 0.351. The fraction of sp³-hybridized carbons (Fsp3) is 0.133. The third kappa shape index (κ3) is 3.22. The molecule has 0 aromatic heterocycles. The largest absolute Gasteiger partial charge is 0.496 e. The van der Waals surface area contributed by atoms with Crippen molar-refractivity contribution in [2.45, 2.75) is 10.6 Å². The van der Waals surface area contributed by atoms with E-state index < -0.39 is 0 Å². The zero-order valence-electron chi connectivity index (χ0n) is 10.9. The van der Waals surface area contributed by atoms with Crippen LogP contribution in [-0.4, -0.2) is 7.11 Å². The maximum absolute atomic E-state index is 13.0. The Hall–Kier alpha value is -2.19. The van der Waals surface area contributed by atoms with Crippen LogP contribution in [0.4, 0.5) is 10.1 Å². The molecule has 0 aliphatic carbocycles. The molecular weight excluding hydrogens is 275 g/mol. The van der Waals surface area contributed by atoms with Crippen LogP contribution in [0.5, 0.6) is 5.75 Å². The monoisotopic (exact) mass is 288 g/mol. The number of ether oxygens (including phenoxy) is 1. The van der Waals surface area contributed by atoms with Gasteiger partial charge in [-0.05, 0) is 36.4 Å². The Morgan fingerprint density at radius 2 is 2.10 bits per heavy atom. The summed E-state index contributed by atoms with van der Waals surface area (Å²) in [6.07, 6.45) is 0. The Morgan fingerprint density at radius 3 is 2.75 bits per heavy atom. The summed E-state index contributed by atoms with van der Waals surface area (Å²) in [4.78, 5) is 0.802. The van der Waals surface area contributed by atoms with Crippen LogP contribution >= 0.6 is 11.8 Å². The van der Waals surface area contributed by atoms with Crippen LogP contribution in [0, 0.1) is 17.1 Å². The summed E-state index contributed by atoms with van der Waals surface area (Å²) in [6, 6.07) is 11.7. The van der Waals surface area contributed by atoms with Crippen LogP contribution in [0.25, 0.3) is 0 Å². The summed E-state index contributed by atoms with van der Waals surface area (Å²) in [5.41, 5.74) is 7.66. The van der Waals surface area contributed by atoms with Crippen molar-refractivity contribution >= 4 is 17.4 Å². The standard InChI is InChI=1S/C15H13FN2OS/c1-19-14-4-2-10(8-17)6-11(14)9-20-15-5-3-12(16)7-13(15)18/h2-7H,9,18H2,1H3. The van der Waals surface area contributed by atoms with Gasteiger partial charge in [-0.3, -0.25) is 0 Å². The highest BCUT2D eigenvalue weighted by Crippen LogP contribution is 2.32. The van der Waals surface area contributed by atoms with E-state index in [-0.39, 0.29) is 5.82 Å². The number of methoxy groups -OCH3 is 1. The predicted octanol–water partition coefficient (Wildman–Crippen LogP) is 3.58. The van der Waals surface area contributed by atoms with Gasteiger partial charge in [0.25, 0.3) is 0 Å². The molecule has 20 heavy (non-hydrogen) atoms. The number of nitrogens with two attached hydrogens (primary N) is 1. The van der Waals surface area contributed by atoms with Crippen LogP contribution in [0.15, 0.2) is 41.3 Å². The first-order valence-corrected chi connectivity index (χ1v) is 6.87. The fourth-order valence-corrected chi connectivity index (χ4v) is 2.69. The van der Waals surface area contributed by atoms with Gasteiger partial charge in [0.15, 0.2) is 0 Å². The average Bonchev–Trinajstić information content (AvgIpc) is 2.46. The molecule has 0 amide bonds. The van der Waals surface area contributed by atoms with Crippen LogP contribution in [0.3, 0.4) is 0 Å². The number of nitriles is 1. The van der Waals surface area contributed by atoms with E-state index in [2.05, 4.69) is 6.07 Å². The molecule has 0 heterocycles. The maximum atomic E-state index is 13.0. The molecule has 3 nitrogen and oxygen atoms in total. The highest BCUT2D eigenvalue weighted by molar-refractivity contribution is 7.98. The Labute approximate surface area is 121 Å². The van der Waals surface area contributed by atoms with Crippen LogP contribution in [0.1, 0.15) is 11.1 Å². The molecule has 2 N–H and O–H groups in total. The second-order valence-corrected chi connectivity index (χ2v) is 5.13. The minimum Gasteiger partial charge on any atom is -0.496 e. The van der Waals surface area contributed by atoms with Crippen molar-refractivity contribution in [3.05, 3.63) is 53.3 Å². The number of rotatable bonds is 4.